The summed E-state index contributed by atoms with van der Waals surface area (Å²) in [5.41, 5.74) is 7.29. The molecular weight excluding hydrogens is 226 g/mol. The van der Waals surface area contributed by atoms with E-state index in [2.05, 4.69) is 26.0 Å². The van der Waals surface area contributed by atoms with Crippen molar-refractivity contribution in [3.63, 3.8) is 0 Å². The van der Waals surface area contributed by atoms with Gasteiger partial charge >= 0.3 is 0 Å². The number of hydrogen-bond acceptors (Lipinski definition) is 3. The van der Waals surface area contributed by atoms with E-state index in [1.54, 1.807) is 0 Å². The van der Waals surface area contributed by atoms with Crippen LogP contribution in [0.2, 0.25) is 0 Å². The minimum atomic E-state index is -0.0217. The number of rotatable bonds is 4. The molecule has 1 saturated heterocycles. The van der Waals surface area contributed by atoms with Crippen LogP contribution >= 0.6 is 0 Å². The maximum absolute atomic E-state index is 6.10. The van der Waals surface area contributed by atoms with E-state index in [0.717, 1.165) is 6.42 Å². The van der Waals surface area contributed by atoms with E-state index < -0.39 is 0 Å². The first kappa shape index (κ1) is 13.5. The summed E-state index contributed by atoms with van der Waals surface area (Å²) >= 11 is 0. The summed E-state index contributed by atoms with van der Waals surface area (Å²) in [6.45, 7) is 5.54. The molecule has 18 heavy (non-hydrogen) atoms. The summed E-state index contributed by atoms with van der Waals surface area (Å²) in [6, 6.07) is 10.2. The normalized spacial score (nSPS) is 32.4. The van der Waals surface area contributed by atoms with E-state index in [0.29, 0.717) is 19.1 Å². The van der Waals surface area contributed by atoms with Crippen molar-refractivity contribution in [3.05, 3.63) is 35.9 Å². The van der Waals surface area contributed by atoms with Gasteiger partial charge in [-0.25, -0.2) is 0 Å². The first-order valence-corrected chi connectivity index (χ1v) is 6.75. The lowest BCUT2D eigenvalue weighted by molar-refractivity contribution is -0.128. The van der Waals surface area contributed by atoms with Crippen molar-refractivity contribution >= 4 is 0 Å². The molecule has 0 bridgehead atoms. The van der Waals surface area contributed by atoms with E-state index >= 15 is 0 Å². The summed E-state index contributed by atoms with van der Waals surface area (Å²) in [6.07, 6.45) is 1.37. The third-order valence-electron chi connectivity index (χ3n) is 3.72. The van der Waals surface area contributed by atoms with E-state index in [9.17, 15) is 0 Å². The van der Waals surface area contributed by atoms with Crippen molar-refractivity contribution in [3.8, 4) is 0 Å². The van der Waals surface area contributed by atoms with Gasteiger partial charge in [0.2, 0.25) is 0 Å². The average Bonchev–Trinajstić information content (AvgIpc) is 2.40. The molecule has 2 rings (SSSR count). The van der Waals surface area contributed by atoms with Gasteiger partial charge in [0, 0.05) is 5.92 Å². The van der Waals surface area contributed by atoms with Crippen LogP contribution in [0.15, 0.2) is 30.3 Å². The quantitative estimate of drug-likeness (QED) is 0.890. The van der Waals surface area contributed by atoms with Crippen LogP contribution in [-0.4, -0.2) is 24.9 Å². The zero-order chi connectivity index (χ0) is 13.0. The molecule has 100 valence electrons. The lowest BCUT2D eigenvalue weighted by Gasteiger charge is -2.39. The molecule has 0 aliphatic carbocycles. The maximum atomic E-state index is 6.10. The van der Waals surface area contributed by atoms with Crippen LogP contribution in [0.25, 0.3) is 0 Å². The third-order valence-corrected chi connectivity index (χ3v) is 3.72. The molecule has 2 N–H and O–H groups in total. The van der Waals surface area contributed by atoms with Gasteiger partial charge < -0.3 is 15.2 Å². The molecule has 0 saturated carbocycles. The van der Waals surface area contributed by atoms with Gasteiger partial charge in [0.05, 0.1) is 31.5 Å². The summed E-state index contributed by atoms with van der Waals surface area (Å²) in [7, 11) is 0. The molecule has 1 fully saturated rings. The molecule has 1 heterocycles. The molecule has 1 aliphatic heterocycles. The predicted octanol–water partition coefficient (Wildman–Crippen LogP) is 2.34. The lowest BCUT2D eigenvalue weighted by atomic mass is 9.89. The molecule has 1 aromatic carbocycles. The molecule has 0 unspecified atom stereocenters. The Kier molecular flexibility index (Phi) is 4.75. The van der Waals surface area contributed by atoms with Gasteiger partial charge in [0.15, 0.2) is 0 Å². The van der Waals surface area contributed by atoms with Crippen molar-refractivity contribution in [2.45, 2.75) is 45.1 Å². The predicted molar refractivity (Wildman–Crippen MR) is 72.2 cm³/mol. The average molecular weight is 249 g/mol. The van der Waals surface area contributed by atoms with Crippen molar-refractivity contribution in [1.29, 1.82) is 0 Å². The summed E-state index contributed by atoms with van der Waals surface area (Å²) in [5.74, 6) is 0.350. The van der Waals surface area contributed by atoms with E-state index in [4.69, 9.17) is 15.2 Å². The lowest BCUT2D eigenvalue weighted by Crippen LogP contribution is -2.53. The second kappa shape index (κ2) is 6.32. The molecular formula is C15H23NO2. The Morgan fingerprint density at radius 3 is 2.72 bits per heavy atom. The Morgan fingerprint density at radius 1 is 1.33 bits per heavy atom. The monoisotopic (exact) mass is 249 g/mol. The van der Waals surface area contributed by atoms with Gasteiger partial charge in [0.25, 0.3) is 0 Å². The summed E-state index contributed by atoms with van der Waals surface area (Å²) < 4.78 is 11.7. The highest BCUT2D eigenvalue weighted by Crippen LogP contribution is 2.25. The van der Waals surface area contributed by atoms with Crippen LogP contribution in [0, 0.1) is 5.92 Å². The van der Waals surface area contributed by atoms with Crippen LogP contribution in [-0.2, 0) is 16.1 Å². The zero-order valence-corrected chi connectivity index (χ0v) is 11.2. The molecule has 0 radical (unpaired) electrons. The van der Waals surface area contributed by atoms with E-state index in [-0.39, 0.29) is 18.2 Å². The highest BCUT2D eigenvalue weighted by Gasteiger charge is 2.35. The molecule has 1 aliphatic rings. The zero-order valence-electron chi connectivity index (χ0n) is 11.2. The maximum Gasteiger partial charge on any atom is 0.0803 e. The molecule has 3 heteroatoms. The van der Waals surface area contributed by atoms with E-state index in [1.165, 1.54) is 5.56 Å². The number of benzene rings is 1. The van der Waals surface area contributed by atoms with Crippen LogP contribution in [0.3, 0.4) is 0 Å². The standard InChI is InChI=1S/C15H23NO2/c1-3-14-11(2)15(13(16)10-17-14)18-9-12-7-5-4-6-8-12/h4-8,11,13-15H,3,9-10,16H2,1-2H3/t11-,13+,14+,15-/m0/s1. The van der Waals surface area contributed by atoms with Crippen LogP contribution in [0.5, 0.6) is 0 Å². The molecule has 0 spiro atoms. The second-order valence-electron chi connectivity index (χ2n) is 5.06. The fourth-order valence-electron chi connectivity index (χ4n) is 2.61. The van der Waals surface area contributed by atoms with Gasteiger partial charge in [-0.2, -0.15) is 0 Å². The highest BCUT2D eigenvalue weighted by molar-refractivity contribution is 5.13. The Bertz CT molecular complexity index is 355. The van der Waals surface area contributed by atoms with Crippen molar-refractivity contribution < 1.29 is 9.47 Å². The van der Waals surface area contributed by atoms with Crippen molar-refractivity contribution in [2.75, 3.05) is 6.61 Å². The molecule has 0 amide bonds. The number of ether oxygens (including phenoxy) is 2. The molecule has 3 nitrogen and oxygen atoms in total. The Hall–Kier alpha value is -0.900. The largest absolute Gasteiger partial charge is 0.376 e. The topological polar surface area (TPSA) is 44.5 Å². The Morgan fingerprint density at radius 2 is 2.06 bits per heavy atom. The molecule has 4 atom stereocenters. The second-order valence-corrected chi connectivity index (χ2v) is 5.06. The Labute approximate surface area is 109 Å². The highest BCUT2D eigenvalue weighted by atomic mass is 16.5. The van der Waals surface area contributed by atoms with E-state index in [1.807, 2.05) is 18.2 Å². The van der Waals surface area contributed by atoms with Gasteiger partial charge in [-0.1, -0.05) is 44.2 Å². The SMILES string of the molecule is CC[C@H]1OC[C@@H](N)[C@@H](OCc2ccccc2)[C@H]1C. The Balaban J connectivity index is 1.94. The van der Waals surface area contributed by atoms with Gasteiger partial charge in [-0.15, -0.1) is 0 Å². The summed E-state index contributed by atoms with van der Waals surface area (Å²) in [5, 5.41) is 0. The van der Waals surface area contributed by atoms with Crippen molar-refractivity contribution in [1.82, 2.24) is 0 Å². The van der Waals surface area contributed by atoms with Crippen molar-refractivity contribution in [2.24, 2.45) is 11.7 Å². The van der Waals surface area contributed by atoms with Crippen LogP contribution in [0.1, 0.15) is 25.8 Å². The summed E-state index contributed by atoms with van der Waals surface area (Å²) in [4.78, 5) is 0. The fourth-order valence-corrected chi connectivity index (χ4v) is 2.61. The third kappa shape index (κ3) is 3.10. The van der Waals surface area contributed by atoms with Gasteiger partial charge in [0.1, 0.15) is 0 Å². The minimum absolute atomic E-state index is 0.0217. The minimum Gasteiger partial charge on any atom is -0.376 e. The molecule has 1 aromatic rings. The first-order valence-electron chi connectivity index (χ1n) is 6.75. The first-order chi connectivity index (χ1) is 8.72. The van der Waals surface area contributed by atoms with Gasteiger partial charge in [-0.3, -0.25) is 0 Å². The number of hydrogen-bond donors (Lipinski definition) is 1. The number of nitrogens with two attached hydrogens (primary N) is 1. The smallest absolute Gasteiger partial charge is 0.0803 e. The van der Waals surface area contributed by atoms with Crippen LogP contribution < -0.4 is 5.73 Å². The van der Waals surface area contributed by atoms with Gasteiger partial charge in [-0.05, 0) is 12.0 Å². The fraction of sp³-hybridized carbons (Fsp3) is 0.600. The van der Waals surface area contributed by atoms with Crippen LogP contribution in [0.4, 0.5) is 0 Å². The molecule has 0 aromatic heterocycles.